The van der Waals surface area contributed by atoms with E-state index in [1.165, 1.54) is 0 Å². The first-order chi connectivity index (χ1) is 4.95. The molecule has 0 aromatic rings. The van der Waals surface area contributed by atoms with Crippen LogP contribution in [-0.2, 0) is 10.2 Å². The van der Waals surface area contributed by atoms with Gasteiger partial charge in [0.1, 0.15) is 0 Å². The molecule has 11 heavy (non-hydrogen) atoms. The van der Waals surface area contributed by atoms with Crippen LogP contribution in [0.4, 0.5) is 0 Å². The molecule has 5 nitrogen and oxygen atoms in total. The third kappa shape index (κ3) is 7.73. The molecule has 0 spiro atoms. The fourth-order valence-corrected chi connectivity index (χ4v) is 0.974. The Bertz CT molecular complexity index is 190. The third-order valence-electron chi connectivity index (χ3n) is 1.25. The van der Waals surface area contributed by atoms with Crippen LogP contribution in [-0.4, -0.2) is 26.2 Å². The average molecular weight is 182 g/mol. The van der Waals surface area contributed by atoms with Crippen molar-refractivity contribution in [3.8, 4) is 0 Å². The van der Waals surface area contributed by atoms with E-state index in [1.54, 1.807) is 0 Å². The third-order valence-corrected chi connectivity index (χ3v) is 1.86. The summed E-state index contributed by atoms with van der Waals surface area (Å²) in [6, 6.07) is 0. The highest BCUT2D eigenvalue weighted by Crippen LogP contribution is 1.94. The summed E-state index contributed by atoms with van der Waals surface area (Å²) in [5.41, 5.74) is 0. The first-order valence-corrected chi connectivity index (χ1v) is 4.95. The van der Waals surface area contributed by atoms with Gasteiger partial charge in [-0.15, -0.1) is 0 Å². The molecular weight excluding hydrogens is 168 g/mol. The Morgan fingerprint density at radius 2 is 2.18 bits per heavy atom. The maximum atomic E-state index is 10.3. The van der Waals surface area contributed by atoms with Crippen LogP contribution >= 0.6 is 0 Å². The molecule has 0 fully saturated rings. The predicted molar refractivity (Wildman–Crippen MR) is 42.0 cm³/mol. The Morgan fingerprint density at radius 1 is 1.64 bits per heavy atom. The van der Waals surface area contributed by atoms with Crippen molar-refractivity contribution in [2.45, 2.75) is 25.9 Å². The summed E-state index contributed by atoms with van der Waals surface area (Å²) in [6.07, 6.45) is 0.559. The zero-order chi connectivity index (χ0) is 8.91. The minimum absolute atomic E-state index is 0.188. The van der Waals surface area contributed by atoms with Gasteiger partial charge < -0.3 is 5.11 Å². The molecule has 0 aromatic carbocycles. The van der Waals surface area contributed by atoms with Crippen LogP contribution < -0.4 is 9.86 Å². The molecular formula is C5H14N2O3S. The summed E-state index contributed by atoms with van der Waals surface area (Å²) in [6.45, 7) is 2.01. The topological polar surface area (TPSA) is 92.4 Å². The molecule has 0 aliphatic rings. The van der Waals surface area contributed by atoms with E-state index in [2.05, 4.69) is 9.86 Å². The molecule has 4 N–H and O–H groups in total. The van der Waals surface area contributed by atoms with E-state index in [0.29, 0.717) is 12.8 Å². The molecule has 0 aliphatic heterocycles. The number of nitrogens with one attached hydrogen (secondary N) is 1. The Labute approximate surface area is 66.8 Å². The van der Waals surface area contributed by atoms with Gasteiger partial charge in [0, 0.05) is 6.54 Å². The summed E-state index contributed by atoms with van der Waals surface area (Å²) in [4.78, 5) is 0. The van der Waals surface area contributed by atoms with E-state index < -0.39 is 16.3 Å². The van der Waals surface area contributed by atoms with Gasteiger partial charge in [-0.2, -0.15) is 8.42 Å². The SMILES string of the molecule is CCC(O)CCNS(N)(=O)=O. The maximum Gasteiger partial charge on any atom is 0.274 e. The highest BCUT2D eigenvalue weighted by molar-refractivity contribution is 7.87. The van der Waals surface area contributed by atoms with Crippen LogP contribution in [0.3, 0.4) is 0 Å². The molecule has 1 unspecified atom stereocenters. The fraction of sp³-hybridized carbons (Fsp3) is 1.00. The first kappa shape index (κ1) is 10.8. The molecule has 0 rings (SSSR count). The standard InChI is InChI=1S/C5H14N2O3S/c1-2-5(8)3-4-7-11(6,9)10/h5,7-8H,2-4H2,1H3,(H2,6,9,10). The van der Waals surface area contributed by atoms with Crippen molar-refractivity contribution in [3.63, 3.8) is 0 Å². The van der Waals surface area contributed by atoms with Crippen LogP contribution in [0, 0.1) is 0 Å². The van der Waals surface area contributed by atoms with Crippen LogP contribution in [0.1, 0.15) is 19.8 Å². The average Bonchev–Trinajstić information content (AvgIpc) is 1.85. The van der Waals surface area contributed by atoms with Crippen molar-refractivity contribution in [2.75, 3.05) is 6.54 Å². The highest BCUT2D eigenvalue weighted by atomic mass is 32.2. The van der Waals surface area contributed by atoms with Crippen molar-refractivity contribution in [1.29, 1.82) is 0 Å². The van der Waals surface area contributed by atoms with E-state index in [4.69, 9.17) is 5.11 Å². The predicted octanol–water partition coefficient (Wildman–Crippen LogP) is -1.06. The van der Waals surface area contributed by atoms with Crippen molar-refractivity contribution in [1.82, 2.24) is 4.72 Å². The van der Waals surface area contributed by atoms with Crippen molar-refractivity contribution in [2.24, 2.45) is 5.14 Å². The van der Waals surface area contributed by atoms with Gasteiger partial charge in [0.05, 0.1) is 6.10 Å². The summed E-state index contributed by atoms with van der Waals surface area (Å²) in [5.74, 6) is 0. The maximum absolute atomic E-state index is 10.3. The van der Waals surface area contributed by atoms with Crippen LogP contribution in [0.5, 0.6) is 0 Å². The van der Waals surface area contributed by atoms with Gasteiger partial charge in [-0.1, -0.05) is 6.92 Å². The summed E-state index contributed by atoms with van der Waals surface area (Å²) in [7, 11) is -3.59. The second-order valence-corrected chi connectivity index (χ2v) is 3.67. The van der Waals surface area contributed by atoms with E-state index >= 15 is 0 Å². The van der Waals surface area contributed by atoms with E-state index in [-0.39, 0.29) is 6.54 Å². The van der Waals surface area contributed by atoms with Crippen molar-refractivity contribution >= 4 is 10.2 Å². The molecule has 0 aliphatic carbocycles. The lowest BCUT2D eigenvalue weighted by Crippen LogP contribution is -2.32. The second-order valence-electron chi connectivity index (χ2n) is 2.29. The lowest BCUT2D eigenvalue weighted by atomic mass is 10.2. The number of aliphatic hydroxyl groups is 1. The quantitative estimate of drug-likeness (QED) is 0.506. The number of hydrogen-bond donors (Lipinski definition) is 3. The normalized spacial score (nSPS) is 14.8. The smallest absolute Gasteiger partial charge is 0.274 e. The van der Waals surface area contributed by atoms with Gasteiger partial charge in [-0.25, -0.2) is 9.86 Å². The minimum Gasteiger partial charge on any atom is -0.393 e. The zero-order valence-electron chi connectivity index (χ0n) is 6.45. The number of hydrogen-bond acceptors (Lipinski definition) is 3. The minimum atomic E-state index is -3.59. The molecule has 0 saturated carbocycles. The van der Waals surface area contributed by atoms with Gasteiger partial charge in [0.25, 0.3) is 10.2 Å². The van der Waals surface area contributed by atoms with Gasteiger partial charge in [-0.05, 0) is 12.8 Å². The molecule has 68 valence electrons. The van der Waals surface area contributed by atoms with Gasteiger partial charge >= 0.3 is 0 Å². The van der Waals surface area contributed by atoms with E-state index in [9.17, 15) is 8.42 Å². The Hall–Kier alpha value is -0.170. The van der Waals surface area contributed by atoms with Crippen LogP contribution in [0.15, 0.2) is 0 Å². The molecule has 1 atom stereocenters. The highest BCUT2D eigenvalue weighted by Gasteiger charge is 2.03. The van der Waals surface area contributed by atoms with Crippen molar-refractivity contribution in [3.05, 3.63) is 0 Å². The molecule has 0 radical (unpaired) electrons. The lowest BCUT2D eigenvalue weighted by molar-refractivity contribution is 0.162. The molecule has 0 heterocycles. The molecule has 0 amide bonds. The summed E-state index contributed by atoms with van der Waals surface area (Å²) in [5, 5.41) is 13.6. The van der Waals surface area contributed by atoms with Gasteiger partial charge in [-0.3, -0.25) is 0 Å². The molecule has 6 heteroatoms. The van der Waals surface area contributed by atoms with Gasteiger partial charge in [0.15, 0.2) is 0 Å². The second kappa shape index (κ2) is 4.66. The summed E-state index contributed by atoms with van der Waals surface area (Å²) >= 11 is 0. The van der Waals surface area contributed by atoms with E-state index in [0.717, 1.165) is 0 Å². The molecule has 0 saturated heterocycles. The Kier molecular flexibility index (Phi) is 4.58. The van der Waals surface area contributed by atoms with Crippen molar-refractivity contribution < 1.29 is 13.5 Å². The fourth-order valence-electron chi connectivity index (χ4n) is 0.572. The first-order valence-electron chi connectivity index (χ1n) is 3.41. The number of rotatable bonds is 5. The number of aliphatic hydroxyl groups excluding tert-OH is 1. The zero-order valence-corrected chi connectivity index (χ0v) is 7.26. The lowest BCUT2D eigenvalue weighted by Gasteiger charge is -2.06. The largest absolute Gasteiger partial charge is 0.393 e. The monoisotopic (exact) mass is 182 g/mol. The molecule has 0 aromatic heterocycles. The Balaban J connectivity index is 3.43. The Morgan fingerprint density at radius 3 is 2.55 bits per heavy atom. The van der Waals surface area contributed by atoms with Crippen LogP contribution in [0.25, 0.3) is 0 Å². The van der Waals surface area contributed by atoms with Gasteiger partial charge in [0.2, 0.25) is 0 Å². The number of nitrogens with two attached hydrogens (primary N) is 1. The molecule has 0 bridgehead atoms. The van der Waals surface area contributed by atoms with Crippen LogP contribution in [0.2, 0.25) is 0 Å². The van der Waals surface area contributed by atoms with E-state index in [1.807, 2.05) is 6.92 Å². The summed E-state index contributed by atoms with van der Waals surface area (Å²) < 4.78 is 22.6.